The number of hydrogen-bond donors (Lipinski definition) is 1. The Morgan fingerprint density at radius 2 is 1.83 bits per heavy atom. The Labute approximate surface area is 173 Å². The van der Waals surface area contributed by atoms with E-state index in [1.165, 1.54) is 0 Å². The summed E-state index contributed by atoms with van der Waals surface area (Å²) in [6, 6.07) is 7.93. The van der Waals surface area contributed by atoms with Gasteiger partial charge in [-0.05, 0) is 49.5 Å². The normalized spacial score (nSPS) is 32.4. The van der Waals surface area contributed by atoms with Gasteiger partial charge in [0.25, 0.3) is 0 Å². The molecule has 5 heteroatoms. The van der Waals surface area contributed by atoms with Crippen molar-refractivity contribution in [3.8, 4) is 0 Å². The van der Waals surface area contributed by atoms with Gasteiger partial charge in [0.15, 0.2) is 5.78 Å². The minimum Gasteiger partial charge on any atom is -0.481 e. The fraction of sp³-hybridized carbons (Fsp3) is 0.583. The maximum atomic E-state index is 13.4. The number of nitrogens with zero attached hydrogens (tertiary/aromatic N) is 2. The minimum absolute atomic E-state index is 0.0681. The zero-order valence-electron chi connectivity index (χ0n) is 17.6. The summed E-state index contributed by atoms with van der Waals surface area (Å²) in [5.74, 6) is 0.0231. The molecule has 1 heterocycles. The van der Waals surface area contributed by atoms with Gasteiger partial charge in [0, 0.05) is 36.9 Å². The number of aliphatic carboxylic acids is 1. The van der Waals surface area contributed by atoms with E-state index in [4.69, 9.17) is 0 Å². The van der Waals surface area contributed by atoms with Crippen LogP contribution in [0.4, 0.5) is 0 Å². The first kappa shape index (κ1) is 21.4. The highest BCUT2D eigenvalue weighted by Gasteiger charge is 2.35. The second-order valence-corrected chi connectivity index (χ2v) is 8.84. The Morgan fingerprint density at radius 1 is 1.07 bits per heavy atom. The maximum Gasteiger partial charge on any atom is 0.306 e. The predicted octanol–water partition coefficient (Wildman–Crippen LogP) is 4.66. The van der Waals surface area contributed by atoms with Gasteiger partial charge in [-0.15, -0.1) is 0 Å². The Balaban J connectivity index is 1.81. The fourth-order valence-electron chi connectivity index (χ4n) is 5.02. The van der Waals surface area contributed by atoms with E-state index in [9.17, 15) is 14.7 Å². The van der Waals surface area contributed by atoms with E-state index in [2.05, 4.69) is 30.8 Å². The molecule has 1 saturated carbocycles. The highest BCUT2D eigenvalue weighted by atomic mass is 16.4. The fourth-order valence-corrected chi connectivity index (χ4v) is 5.02. The molecule has 1 aliphatic carbocycles. The molecule has 6 atom stereocenters. The standard InChI is InChI=1S/C24H32N2O3/c1-15-8-9-18(24(28)29)12-16(2)21(15)13-23(27)20-7-5-4-6-19(20)22-14-25-10-11-26-17(22)3/h4-7,10-11,15-18,21-22H,8-9,12-14H2,1-3H3,(H,28,29). The van der Waals surface area contributed by atoms with Crippen LogP contribution in [0.3, 0.4) is 0 Å². The second-order valence-electron chi connectivity index (χ2n) is 8.84. The van der Waals surface area contributed by atoms with Gasteiger partial charge < -0.3 is 5.11 Å². The van der Waals surface area contributed by atoms with E-state index >= 15 is 0 Å². The number of aliphatic imine (C=N–C) groups is 2. The molecule has 0 bridgehead atoms. The van der Waals surface area contributed by atoms with E-state index in [1.807, 2.05) is 24.3 Å². The molecule has 1 fully saturated rings. The van der Waals surface area contributed by atoms with Crippen molar-refractivity contribution < 1.29 is 14.7 Å². The Kier molecular flexibility index (Phi) is 6.99. The van der Waals surface area contributed by atoms with Crippen LogP contribution < -0.4 is 0 Å². The molecule has 0 aromatic heterocycles. The molecule has 1 aromatic rings. The Bertz CT molecular complexity index is 801. The third kappa shape index (κ3) is 5.01. The zero-order valence-corrected chi connectivity index (χ0v) is 17.6. The van der Waals surface area contributed by atoms with Gasteiger partial charge in [0.2, 0.25) is 0 Å². The lowest BCUT2D eigenvalue weighted by Gasteiger charge is -2.28. The molecule has 1 aliphatic heterocycles. The summed E-state index contributed by atoms with van der Waals surface area (Å²) >= 11 is 0. The highest BCUT2D eigenvalue weighted by molar-refractivity contribution is 6.16. The van der Waals surface area contributed by atoms with Crippen LogP contribution in [0.5, 0.6) is 0 Å². The lowest BCUT2D eigenvalue weighted by Crippen LogP contribution is -2.24. The minimum atomic E-state index is -0.704. The van der Waals surface area contributed by atoms with Crippen molar-refractivity contribution in [1.29, 1.82) is 0 Å². The van der Waals surface area contributed by atoms with Gasteiger partial charge in [-0.3, -0.25) is 19.6 Å². The number of carboxylic acid groups (broad SMARTS) is 1. The first-order chi connectivity index (χ1) is 13.9. The van der Waals surface area contributed by atoms with Crippen LogP contribution in [0.1, 0.15) is 68.3 Å². The smallest absolute Gasteiger partial charge is 0.306 e. The second kappa shape index (κ2) is 9.47. The van der Waals surface area contributed by atoms with Crippen molar-refractivity contribution in [2.45, 2.75) is 58.4 Å². The topological polar surface area (TPSA) is 79.1 Å². The number of benzene rings is 1. The van der Waals surface area contributed by atoms with E-state index in [-0.39, 0.29) is 35.5 Å². The van der Waals surface area contributed by atoms with Crippen LogP contribution in [-0.4, -0.2) is 41.9 Å². The van der Waals surface area contributed by atoms with E-state index in [1.54, 1.807) is 12.4 Å². The summed E-state index contributed by atoms with van der Waals surface area (Å²) in [4.78, 5) is 33.8. The van der Waals surface area contributed by atoms with Crippen LogP contribution in [0.15, 0.2) is 34.3 Å². The number of carbonyl (C=O) groups is 2. The van der Waals surface area contributed by atoms with Crippen molar-refractivity contribution in [2.24, 2.45) is 33.7 Å². The monoisotopic (exact) mass is 396 g/mol. The molecular weight excluding hydrogens is 364 g/mol. The Hall–Kier alpha value is -2.30. The van der Waals surface area contributed by atoms with Crippen molar-refractivity contribution in [2.75, 3.05) is 6.54 Å². The van der Waals surface area contributed by atoms with Gasteiger partial charge in [-0.25, -0.2) is 0 Å². The predicted molar refractivity (Wildman–Crippen MR) is 116 cm³/mol. The van der Waals surface area contributed by atoms with Crippen LogP contribution in [0.25, 0.3) is 0 Å². The quantitative estimate of drug-likeness (QED) is 0.581. The molecule has 29 heavy (non-hydrogen) atoms. The lowest BCUT2D eigenvalue weighted by atomic mass is 9.77. The number of Topliss-reactive ketones (excluding diaryl/α,β-unsaturated/α-hetero) is 1. The summed E-state index contributed by atoms with van der Waals surface area (Å²) in [7, 11) is 0. The van der Waals surface area contributed by atoms with Crippen LogP contribution in [0.2, 0.25) is 0 Å². The van der Waals surface area contributed by atoms with Gasteiger partial charge in [-0.2, -0.15) is 0 Å². The summed E-state index contributed by atoms with van der Waals surface area (Å²) in [6.07, 6.45) is 6.17. The summed E-state index contributed by atoms with van der Waals surface area (Å²) in [5.41, 5.74) is 1.80. The molecule has 5 nitrogen and oxygen atoms in total. The van der Waals surface area contributed by atoms with Crippen LogP contribution in [0, 0.1) is 23.7 Å². The third-order valence-electron chi connectivity index (χ3n) is 6.90. The SMILES string of the molecule is CC1CCC(C(=O)O)CC(C)C1CC(=O)c1ccccc1C1CN=CC=NC1C. The molecule has 3 rings (SSSR count). The molecule has 6 unspecified atom stereocenters. The molecule has 1 aromatic carbocycles. The van der Waals surface area contributed by atoms with E-state index in [0.29, 0.717) is 31.7 Å². The lowest BCUT2D eigenvalue weighted by molar-refractivity contribution is -0.142. The number of ketones is 1. The molecule has 0 amide bonds. The molecule has 0 spiro atoms. The largest absolute Gasteiger partial charge is 0.481 e. The summed E-state index contributed by atoms with van der Waals surface area (Å²) in [5, 5.41) is 9.45. The number of carbonyl (C=O) groups excluding carboxylic acids is 1. The zero-order chi connectivity index (χ0) is 21.0. The van der Waals surface area contributed by atoms with Crippen LogP contribution >= 0.6 is 0 Å². The van der Waals surface area contributed by atoms with Gasteiger partial charge in [-0.1, -0.05) is 38.1 Å². The van der Waals surface area contributed by atoms with Crippen molar-refractivity contribution in [1.82, 2.24) is 0 Å². The first-order valence-corrected chi connectivity index (χ1v) is 10.7. The molecule has 0 saturated heterocycles. The molecule has 1 N–H and O–H groups in total. The third-order valence-corrected chi connectivity index (χ3v) is 6.90. The Morgan fingerprint density at radius 3 is 2.59 bits per heavy atom. The molecule has 2 aliphatic rings. The summed E-state index contributed by atoms with van der Waals surface area (Å²) < 4.78 is 0. The van der Waals surface area contributed by atoms with Crippen molar-refractivity contribution in [3.63, 3.8) is 0 Å². The first-order valence-electron chi connectivity index (χ1n) is 10.7. The maximum absolute atomic E-state index is 13.4. The highest BCUT2D eigenvalue weighted by Crippen LogP contribution is 2.39. The summed E-state index contributed by atoms with van der Waals surface area (Å²) in [6.45, 7) is 6.97. The van der Waals surface area contributed by atoms with Crippen molar-refractivity contribution >= 4 is 24.2 Å². The molecule has 156 valence electrons. The molecule has 0 radical (unpaired) electrons. The van der Waals surface area contributed by atoms with Crippen molar-refractivity contribution in [3.05, 3.63) is 35.4 Å². The van der Waals surface area contributed by atoms with Gasteiger partial charge in [0.1, 0.15) is 0 Å². The average Bonchev–Trinajstić information content (AvgIpc) is 2.99. The number of hydrogen-bond acceptors (Lipinski definition) is 4. The van der Waals surface area contributed by atoms with Gasteiger partial charge in [0.05, 0.1) is 12.0 Å². The van der Waals surface area contributed by atoms with E-state index in [0.717, 1.165) is 17.5 Å². The number of carboxylic acids is 1. The molecular formula is C24H32N2O3. The number of rotatable bonds is 5. The average molecular weight is 397 g/mol. The van der Waals surface area contributed by atoms with Gasteiger partial charge >= 0.3 is 5.97 Å². The van der Waals surface area contributed by atoms with E-state index < -0.39 is 5.97 Å². The van der Waals surface area contributed by atoms with Crippen LogP contribution in [-0.2, 0) is 4.79 Å².